The molecule has 1 fully saturated rings. The number of likely N-dealkylation sites (tertiary alicyclic amines) is 1. The van der Waals surface area contributed by atoms with Gasteiger partial charge in [0.05, 0.1) is 11.6 Å². The van der Waals surface area contributed by atoms with Crippen LogP contribution in [0, 0.1) is 0 Å². The molecule has 0 aromatic rings. The first-order valence-electron chi connectivity index (χ1n) is 4.68. The van der Waals surface area contributed by atoms with Gasteiger partial charge >= 0.3 is 0 Å². The van der Waals surface area contributed by atoms with Crippen LogP contribution in [0.1, 0.15) is 26.7 Å². The van der Waals surface area contributed by atoms with Crippen LogP contribution in [0.3, 0.4) is 0 Å². The first kappa shape index (κ1) is 10.5. The molecule has 1 rings (SSSR count). The molecule has 4 heteroatoms. The lowest BCUT2D eigenvalue weighted by atomic mass is 9.93. The zero-order chi connectivity index (χ0) is 10.1. The molecule has 0 aromatic carbocycles. The molecule has 1 heterocycles. The van der Waals surface area contributed by atoms with Crippen molar-refractivity contribution in [2.75, 3.05) is 13.1 Å². The van der Waals surface area contributed by atoms with Gasteiger partial charge in [-0.15, -0.1) is 0 Å². The van der Waals surface area contributed by atoms with Gasteiger partial charge in [0, 0.05) is 13.1 Å². The number of carbonyl (C=O) groups excluding carboxylic acids is 1. The van der Waals surface area contributed by atoms with E-state index in [0.717, 1.165) is 13.1 Å². The van der Waals surface area contributed by atoms with Crippen molar-refractivity contribution in [2.45, 2.75) is 38.3 Å². The zero-order valence-corrected chi connectivity index (χ0v) is 8.29. The van der Waals surface area contributed by atoms with E-state index >= 15 is 0 Å². The van der Waals surface area contributed by atoms with Crippen molar-refractivity contribution < 1.29 is 9.90 Å². The molecule has 0 bridgehead atoms. The Bertz CT molecular complexity index is 194. The first-order valence-corrected chi connectivity index (χ1v) is 4.68. The Kier molecular flexibility index (Phi) is 2.93. The Morgan fingerprint density at radius 3 is 2.38 bits per heavy atom. The summed E-state index contributed by atoms with van der Waals surface area (Å²) in [7, 11) is 0. The van der Waals surface area contributed by atoms with Crippen LogP contribution in [0.2, 0.25) is 0 Å². The van der Waals surface area contributed by atoms with Crippen molar-refractivity contribution in [1.29, 1.82) is 0 Å². The molecule has 0 spiro atoms. The molecule has 0 radical (unpaired) electrons. The van der Waals surface area contributed by atoms with Crippen LogP contribution >= 0.6 is 0 Å². The summed E-state index contributed by atoms with van der Waals surface area (Å²) in [5.41, 5.74) is 4.63. The molecular formula is C9H18N2O2. The molecule has 1 unspecified atom stereocenters. The second-order valence-corrected chi connectivity index (χ2v) is 4.11. The minimum absolute atomic E-state index is 0.212. The fourth-order valence-corrected chi connectivity index (χ4v) is 1.57. The molecule has 3 N–H and O–H groups in total. The second-order valence-electron chi connectivity index (χ2n) is 4.11. The number of primary amides is 1. The maximum Gasteiger partial charge on any atom is 0.234 e. The summed E-state index contributed by atoms with van der Waals surface area (Å²) in [5, 5.41) is 9.67. The lowest BCUT2D eigenvalue weighted by Gasteiger charge is -2.37. The molecule has 1 amide bonds. The summed E-state index contributed by atoms with van der Waals surface area (Å²) in [6.07, 6.45) is 1.43. The van der Waals surface area contributed by atoms with E-state index in [-0.39, 0.29) is 11.9 Å². The summed E-state index contributed by atoms with van der Waals surface area (Å²) in [5.74, 6) is -0.290. The Morgan fingerprint density at radius 1 is 1.54 bits per heavy atom. The van der Waals surface area contributed by atoms with Gasteiger partial charge in [0.2, 0.25) is 5.91 Å². The lowest BCUT2D eigenvalue weighted by molar-refractivity contribution is -0.124. The summed E-state index contributed by atoms with van der Waals surface area (Å²) in [6, 6.07) is -0.212. The van der Waals surface area contributed by atoms with E-state index in [4.69, 9.17) is 5.73 Å². The third-order valence-corrected chi connectivity index (χ3v) is 2.83. The predicted octanol–water partition coefficient (Wildman–Crippen LogP) is -0.293. The summed E-state index contributed by atoms with van der Waals surface area (Å²) >= 11 is 0. The molecule has 1 aliphatic heterocycles. The van der Waals surface area contributed by atoms with Crippen LogP contribution in [-0.2, 0) is 4.79 Å². The van der Waals surface area contributed by atoms with Crippen LogP contribution in [0.15, 0.2) is 0 Å². The van der Waals surface area contributed by atoms with Crippen molar-refractivity contribution in [1.82, 2.24) is 4.90 Å². The molecule has 1 atom stereocenters. The van der Waals surface area contributed by atoms with Gasteiger partial charge in [-0.05, 0) is 26.7 Å². The number of nitrogens with zero attached hydrogens (tertiary/aromatic N) is 1. The quantitative estimate of drug-likeness (QED) is 0.622. The predicted molar refractivity (Wildman–Crippen MR) is 50.1 cm³/mol. The summed E-state index contributed by atoms with van der Waals surface area (Å²) in [6.45, 7) is 5.13. The number of hydrogen-bond donors (Lipinski definition) is 2. The van der Waals surface area contributed by atoms with Crippen LogP contribution in [0.5, 0.6) is 0 Å². The van der Waals surface area contributed by atoms with Crippen molar-refractivity contribution in [3.8, 4) is 0 Å². The van der Waals surface area contributed by atoms with Crippen LogP contribution in [0.25, 0.3) is 0 Å². The lowest BCUT2D eigenvalue weighted by Crippen LogP contribution is -2.50. The van der Waals surface area contributed by atoms with Crippen LogP contribution in [-0.4, -0.2) is 40.6 Å². The number of aliphatic hydroxyl groups is 1. The highest BCUT2D eigenvalue weighted by atomic mass is 16.3. The highest BCUT2D eigenvalue weighted by Crippen LogP contribution is 2.22. The fraction of sp³-hybridized carbons (Fsp3) is 0.889. The van der Waals surface area contributed by atoms with Gasteiger partial charge in [0.25, 0.3) is 0 Å². The zero-order valence-electron chi connectivity index (χ0n) is 8.29. The Labute approximate surface area is 78.7 Å². The number of rotatable bonds is 2. The molecule has 0 aromatic heterocycles. The largest absolute Gasteiger partial charge is 0.390 e. The second kappa shape index (κ2) is 3.64. The molecular weight excluding hydrogens is 168 g/mol. The van der Waals surface area contributed by atoms with Crippen LogP contribution < -0.4 is 5.73 Å². The average Bonchev–Trinajstić information content (AvgIpc) is 2.03. The van der Waals surface area contributed by atoms with E-state index in [9.17, 15) is 9.90 Å². The molecule has 13 heavy (non-hydrogen) atoms. The van der Waals surface area contributed by atoms with Gasteiger partial charge in [-0.25, -0.2) is 0 Å². The van der Waals surface area contributed by atoms with Gasteiger partial charge in [0.1, 0.15) is 0 Å². The SMILES string of the molecule is CC(C(N)=O)N1CCC(C)(O)CC1. The van der Waals surface area contributed by atoms with E-state index in [2.05, 4.69) is 0 Å². The van der Waals surface area contributed by atoms with Crippen molar-refractivity contribution >= 4 is 5.91 Å². The molecule has 0 aliphatic carbocycles. The van der Waals surface area contributed by atoms with E-state index in [0.29, 0.717) is 12.8 Å². The number of hydrogen-bond acceptors (Lipinski definition) is 3. The third-order valence-electron chi connectivity index (χ3n) is 2.83. The van der Waals surface area contributed by atoms with E-state index in [1.807, 2.05) is 18.7 Å². The van der Waals surface area contributed by atoms with Gasteiger partial charge in [-0.3, -0.25) is 9.69 Å². The summed E-state index contributed by atoms with van der Waals surface area (Å²) < 4.78 is 0. The molecule has 76 valence electrons. The number of amides is 1. The fourth-order valence-electron chi connectivity index (χ4n) is 1.57. The van der Waals surface area contributed by atoms with Crippen molar-refractivity contribution in [3.63, 3.8) is 0 Å². The highest BCUT2D eigenvalue weighted by molar-refractivity contribution is 5.79. The van der Waals surface area contributed by atoms with E-state index in [1.54, 1.807) is 0 Å². The van der Waals surface area contributed by atoms with Crippen LogP contribution in [0.4, 0.5) is 0 Å². The number of carbonyl (C=O) groups is 1. The number of nitrogens with two attached hydrogens (primary N) is 1. The Balaban J connectivity index is 2.45. The molecule has 1 saturated heterocycles. The molecule has 1 aliphatic rings. The van der Waals surface area contributed by atoms with Gasteiger partial charge in [-0.2, -0.15) is 0 Å². The average molecular weight is 186 g/mol. The Morgan fingerprint density at radius 2 is 2.00 bits per heavy atom. The standard InChI is InChI=1S/C9H18N2O2/c1-7(8(10)12)11-5-3-9(2,13)4-6-11/h7,13H,3-6H2,1-2H3,(H2,10,12). The first-order chi connectivity index (χ1) is 5.92. The molecule has 0 saturated carbocycles. The van der Waals surface area contributed by atoms with E-state index < -0.39 is 5.60 Å². The maximum atomic E-state index is 10.9. The number of piperidine rings is 1. The minimum Gasteiger partial charge on any atom is -0.390 e. The van der Waals surface area contributed by atoms with E-state index in [1.165, 1.54) is 0 Å². The smallest absolute Gasteiger partial charge is 0.234 e. The normalized spacial score (nSPS) is 25.5. The maximum absolute atomic E-state index is 10.9. The topological polar surface area (TPSA) is 66.6 Å². The molecule has 4 nitrogen and oxygen atoms in total. The summed E-state index contributed by atoms with van der Waals surface area (Å²) in [4.78, 5) is 12.9. The Hall–Kier alpha value is -0.610. The highest BCUT2D eigenvalue weighted by Gasteiger charge is 2.30. The monoisotopic (exact) mass is 186 g/mol. The minimum atomic E-state index is -0.562. The van der Waals surface area contributed by atoms with Crippen molar-refractivity contribution in [3.05, 3.63) is 0 Å². The van der Waals surface area contributed by atoms with Gasteiger partial charge in [0.15, 0.2) is 0 Å². The van der Waals surface area contributed by atoms with Crippen molar-refractivity contribution in [2.24, 2.45) is 5.73 Å². The van der Waals surface area contributed by atoms with Gasteiger partial charge in [-0.1, -0.05) is 0 Å². The third kappa shape index (κ3) is 2.67. The van der Waals surface area contributed by atoms with Gasteiger partial charge < -0.3 is 10.8 Å².